The molecule has 0 spiro atoms. The van der Waals surface area contributed by atoms with Gasteiger partial charge in [0.05, 0.1) is 18.2 Å². The predicted octanol–water partition coefficient (Wildman–Crippen LogP) is 2.14. The van der Waals surface area contributed by atoms with Crippen LogP contribution in [0, 0.1) is 0 Å². The number of nitrogens with zero attached hydrogens (tertiary/aromatic N) is 5. The van der Waals surface area contributed by atoms with Crippen molar-refractivity contribution in [3.05, 3.63) is 41.5 Å². The molecule has 1 saturated heterocycles. The van der Waals surface area contributed by atoms with E-state index in [1.807, 2.05) is 13.0 Å². The molecule has 9 nitrogen and oxygen atoms in total. The lowest BCUT2D eigenvalue weighted by atomic mass is 10.0. The van der Waals surface area contributed by atoms with Crippen LogP contribution in [-0.4, -0.2) is 60.3 Å². The summed E-state index contributed by atoms with van der Waals surface area (Å²) >= 11 is 0. The van der Waals surface area contributed by atoms with Crippen molar-refractivity contribution in [3.63, 3.8) is 0 Å². The molecule has 30 heavy (non-hydrogen) atoms. The molecule has 0 saturated carbocycles. The highest BCUT2D eigenvalue weighted by molar-refractivity contribution is 5.69. The van der Waals surface area contributed by atoms with Gasteiger partial charge in [0.2, 0.25) is 5.95 Å². The summed E-state index contributed by atoms with van der Waals surface area (Å²) in [7, 11) is 0. The number of amides is 1. The molecule has 3 aliphatic heterocycles. The van der Waals surface area contributed by atoms with Gasteiger partial charge in [-0.2, -0.15) is 9.97 Å². The Hall–Kier alpha value is -3.07. The van der Waals surface area contributed by atoms with Crippen molar-refractivity contribution in [2.24, 2.45) is 0 Å². The van der Waals surface area contributed by atoms with Gasteiger partial charge in [0, 0.05) is 39.3 Å². The van der Waals surface area contributed by atoms with E-state index in [9.17, 15) is 4.79 Å². The monoisotopic (exact) mass is 409 g/mol. The number of hydrogen-bond acceptors (Lipinski definition) is 8. The van der Waals surface area contributed by atoms with Crippen LogP contribution < -0.4 is 20.7 Å². The third kappa shape index (κ3) is 3.49. The van der Waals surface area contributed by atoms with E-state index >= 15 is 0 Å². The Balaban J connectivity index is 1.38. The zero-order valence-corrected chi connectivity index (χ0v) is 17.2. The van der Waals surface area contributed by atoms with Gasteiger partial charge in [-0.1, -0.05) is 30.3 Å². The van der Waals surface area contributed by atoms with Crippen molar-refractivity contribution < 1.29 is 9.53 Å². The van der Waals surface area contributed by atoms with E-state index in [-0.39, 0.29) is 12.1 Å². The summed E-state index contributed by atoms with van der Waals surface area (Å²) in [5.74, 6) is 2.58. The number of piperazine rings is 1. The molecule has 1 amide bonds. The van der Waals surface area contributed by atoms with E-state index < -0.39 is 0 Å². The maximum absolute atomic E-state index is 12.0. The minimum Gasteiger partial charge on any atom is -0.450 e. The number of anilines is 3. The van der Waals surface area contributed by atoms with Gasteiger partial charge in [0.1, 0.15) is 5.82 Å². The van der Waals surface area contributed by atoms with E-state index in [1.54, 1.807) is 4.90 Å². The average Bonchev–Trinajstić information content (AvgIpc) is 3.20. The number of ether oxygens (including phenoxy) is 1. The SMILES string of the molecule is CCOC(=O)N1CCN(c2nc3c4c(n2)N(Cc2ccccc2)CCC4NN3)CC1. The first kappa shape index (κ1) is 18.9. The smallest absolute Gasteiger partial charge is 0.409 e. The van der Waals surface area contributed by atoms with Gasteiger partial charge in [-0.25, -0.2) is 10.2 Å². The highest BCUT2D eigenvalue weighted by atomic mass is 16.6. The third-order valence-corrected chi connectivity index (χ3v) is 5.92. The quantitative estimate of drug-likeness (QED) is 0.795. The Kier molecular flexibility index (Phi) is 5.04. The van der Waals surface area contributed by atoms with E-state index in [1.165, 1.54) is 5.56 Å². The first-order chi connectivity index (χ1) is 14.7. The molecule has 1 unspecified atom stereocenters. The zero-order chi connectivity index (χ0) is 20.5. The number of nitrogens with one attached hydrogen (secondary N) is 2. The molecule has 158 valence electrons. The van der Waals surface area contributed by atoms with Gasteiger partial charge in [-0.3, -0.25) is 0 Å². The van der Waals surface area contributed by atoms with Crippen molar-refractivity contribution in [2.75, 3.05) is 54.6 Å². The van der Waals surface area contributed by atoms with E-state index in [2.05, 4.69) is 44.9 Å². The average molecular weight is 409 g/mol. The molecule has 0 aliphatic carbocycles. The largest absolute Gasteiger partial charge is 0.450 e. The summed E-state index contributed by atoms with van der Waals surface area (Å²) in [6.07, 6.45) is 0.769. The second kappa shape index (κ2) is 7.98. The van der Waals surface area contributed by atoms with Crippen LogP contribution in [0.25, 0.3) is 0 Å². The van der Waals surface area contributed by atoms with Gasteiger partial charge in [-0.15, -0.1) is 0 Å². The molecule has 3 aliphatic rings. The second-order valence-electron chi connectivity index (χ2n) is 7.80. The predicted molar refractivity (Wildman–Crippen MR) is 114 cm³/mol. The van der Waals surface area contributed by atoms with Crippen LogP contribution in [0.5, 0.6) is 0 Å². The van der Waals surface area contributed by atoms with Crippen LogP contribution in [-0.2, 0) is 11.3 Å². The van der Waals surface area contributed by atoms with Crippen molar-refractivity contribution in [3.8, 4) is 0 Å². The van der Waals surface area contributed by atoms with Crippen LogP contribution in [0.15, 0.2) is 30.3 Å². The summed E-state index contributed by atoms with van der Waals surface area (Å²) < 4.78 is 5.12. The van der Waals surface area contributed by atoms with Crippen LogP contribution in [0.2, 0.25) is 0 Å². The second-order valence-corrected chi connectivity index (χ2v) is 7.80. The lowest BCUT2D eigenvalue weighted by molar-refractivity contribution is 0.105. The highest BCUT2D eigenvalue weighted by Gasteiger charge is 2.35. The number of hydrogen-bond donors (Lipinski definition) is 2. The number of benzene rings is 1. The Labute approximate surface area is 176 Å². The molecule has 5 rings (SSSR count). The lowest BCUT2D eigenvalue weighted by Gasteiger charge is -2.36. The summed E-state index contributed by atoms with van der Waals surface area (Å²) in [4.78, 5) is 28.0. The number of aromatic nitrogens is 2. The highest BCUT2D eigenvalue weighted by Crippen LogP contribution is 2.41. The Morgan fingerprint density at radius 1 is 1.13 bits per heavy atom. The lowest BCUT2D eigenvalue weighted by Crippen LogP contribution is -2.49. The van der Waals surface area contributed by atoms with Crippen LogP contribution >= 0.6 is 0 Å². The molecule has 2 aromatic rings. The maximum atomic E-state index is 12.0. The van der Waals surface area contributed by atoms with Crippen LogP contribution in [0.3, 0.4) is 0 Å². The summed E-state index contributed by atoms with van der Waals surface area (Å²) in [6.45, 7) is 6.58. The van der Waals surface area contributed by atoms with E-state index in [0.717, 1.165) is 36.7 Å². The van der Waals surface area contributed by atoms with Crippen molar-refractivity contribution in [1.29, 1.82) is 0 Å². The van der Waals surface area contributed by atoms with Crippen molar-refractivity contribution >= 4 is 23.7 Å². The van der Waals surface area contributed by atoms with Gasteiger partial charge < -0.3 is 24.9 Å². The van der Waals surface area contributed by atoms with Gasteiger partial charge in [0.15, 0.2) is 5.82 Å². The molecule has 1 aromatic carbocycles. The van der Waals surface area contributed by atoms with E-state index in [4.69, 9.17) is 14.7 Å². The number of carbonyl (C=O) groups is 1. The third-order valence-electron chi connectivity index (χ3n) is 5.92. The summed E-state index contributed by atoms with van der Waals surface area (Å²) in [5, 5.41) is 0. The molecule has 2 N–H and O–H groups in total. The fourth-order valence-corrected chi connectivity index (χ4v) is 4.34. The van der Waals surface area contributed by atoms with Crippen LogP contribution in [0.4, 0.5) is 22.4 Å². The Bertz CT molecular complexity index is 915. The fourth-order valence-electron chi connectivity index (χ4n) is 4.34. The minimum absolute atomic E-state index is 0.246. The summed E-state index contributed by atoms with van der Waals surface area (Å²) in [6, 6.07) is 10.7. The normalized spacial score (nSPS) is 20.0. The number of hydrazine groups is 1. The van der Waals surface area contributed by atoms with E-state index in [0.29, 0.717) is 38.7 Å². The molecular formula is C21H27N7O2. The molecule has 0 radical (unpaired) electrons. The van der Waals surface area contributed by atoms with Crippen molar-refractivity contribution in [1.82, 2.24) is 20.3 Å². The molecule has 4 heterocycles. The minimum atomic E-state index is -0.246. The molecule has 0 bridgehead atoms. The van der Waals surface area contributed by atoms with Gasteiger partial charge in [-0.05, 0) is 18.9 Å². The zero-order valence-electron chi connectivity index (χ0n) is 17.2. The Morgan fingerprint density at radius 3 is 2.70 bits per heavy atom. The molecule has 1 fully saturated rings. The van der Waals surface area contributed by atoms with Gasteiger partial charge >= 0.3 is 6.09 Å². The number of carbonyl (C=O) groups excluding carboxylic acids is 1. The fraction of sp³-hybridized carbons (Fsp3) is 0.476. The standard InChI is InChI=1S/C21H27N7O2/c1-2-30-21(29)27-12-10-26(11-13-27)20-22-18-17-16(24-25-18)8-9-28(19(17)23-20)14-15-6-4-3-5-7-15/h3-7,16,24H,2,8-14H2,1H3,(H,22,23,25). The van der Waals surface area contributed by atoms with Crippen LogP contribution in [0.1, 0.15) is 30.5 Å². The molecule has 1 atom stereocenters. The summed E-state index contributed by atoms with van der Waals surface area (Å²) in [5.41, 5.74) is 9.03. The molecule has 1 aromatic heterocycles. The topological polar surface area (TPSA) is 85.9 Å². The molecule has 9 heteroatoms. The van der Waals surface area contributed by atoms with Crippen molar-refractivity contribution in [2.45, 2.75) is 25.9 Å². The first-order valence-corrected chi connectivity index (χ1v) is 10.6. The molecular weight excluding hydrogens is 382 g/mol. The maximum Gasteiger partial charge on any atom is 0.409 e. The Morgan fingerprint density at radius 2 is 1.93 bits per heavy atom. The van der Waals surface area contributed by atoms with Gasteiger partial charge in [0.25, 0.3) is 0 Å². The number of rotatable bonds is 4. The first-order valence-electron chi connectivity index (χ1n) is 10.6.